The lowest BCUT2D eigenvalue weighted by Crippen LogP contribution is -2.35. The van der Waals surface area contributed by atoms with Gasteiger partial charge in [0.25, 0.3) is 0 Å². The first-order chi connectivity index (χ1) is 8.49. The molecule has 0 atom stereocenters. The van der Waals surface area contributed by atoms with Gasteiger partial charge in [0.1, 0.15) is 0 Å². The molecule has 2 rings (SSSR count). The molecule has 0 amide bonds. The lowest BCUT2D eigenvalue weighted by atomic mass is 10.1. The molecule has 2 aromatic rings. The Labute approximate surface area is 108 Å². The number of hydrogen-bond donors (Lipinski definition) is 2. The summed E-state index contributed by atoms with van der Waals surface area (Å²) in [5, 5.41) is 14.9. The van der Waals surface area contributed by atoms with Gasteiger partial charge in [0.2, 0.25) is 0 Å². The Bertz CT molecular complexity index is 503. The minimum Gasteiger partial charge on any atom is -0.308 e. The molecular formula is C13H21N5. The average Bonchev–Trinajstić information content (AvgIpc) is 2.93. The molecule has 0 radical (unpaired) electrons. The van der Waals surface area contributed by atoms with Crippen LogP contribution in [0.1, 0.15) is 33.3 Å². The fraction of sp³-hybridized carbons (Fsp3) is 0.538. The van der Waals surface area contributed by atoms with Gasteiger partial charge < -0.3 is 5.32 Å². The van der Waals surface area contributed by atoms with E-state index in [4.69, 9.17) is 0 Å². The number of nitrogens with one attached hydrogen (secondary N) is 2. The van der Waals surface area contributed by atoms with Gasteiger partial charge in [-0.1, -0.05) is 0 Å². The second-order valence-electron chi connectivity index (χ2n) is 5.46. The summed E-state index contributed by atoms with van der Waals surface area (Å²) in [5.74, 6) is 0. The van der Waals surface area contributed by atoms with Crippen molar-refractivity contribution in [2.45, 2.75) is 46.3 Å². The third-order valence-corrected chi connectivity index (χ3v) is 2.77. The van der Waals surface area contributed by atoms with Crippen molar-refractivity contribution in [3.8, 4) is 11.3 Å². The van der Waals surface area contributed by atoms with E-state index in [0.717, 1.165) is 24.3 Å². The van der Waals surface area contributed by atoms with Crippen molar-refractivity contribution in [3.05, 3.63) is 24.2 Å². The molecule has 5 nitrogen and oxygen atoms in total. The maximum absolute atomic E-state index is 4.29. The summed E-state index contributed by atoms with van der Waals surface area (Å²) in [7, 11) is 0. The van der Waals surface area contributed by atoms with Crippen molar-refractivity contribution in [3.63, 3.8) is 0 Å². The highest BCUT2D eigenvalue weighted by Gasteiger charge is 2.13. The van der Waals surface area contributed by atoms with Gasteiger partial charge in [-0.15, -0.1) is 0 Å². The van der Waals surface area contributed by atoms with Crippen LogP contribution in [0.5, 0.6) is 0 Å². The van der Waals surface area contributed by atoms with Crippen LogP contribution in [0.2, 0.25) is 0 Å². The highest BCUT2D eigenvalue weighted by atomic mass is 15.3. The molecule has 0 unspecified atom stereocenters. The first-order valence-corrected chi connectivity index (χ1v) is 6.29. The Morgan fingerprint density at radius 3 is 2.72 bits per heavy atom. The minimum atomic E-state index is 0.0993. The molecule has 0 saturated heterocycles. The number of rotatable bonds is 4. The molecule has 0 aliphatic heterocycles. The SMILES string of the molecule is CCn1cc(-c2[nH]ncc2CNC(C)(C)C)cn1. The summed E-state index contributed by atoms with van der Waals surface area (Å²) in [6.45, 7) is 10.2. The predicted octanol–water partition coefficient (Wildman–Crippen LogP) is 2.18. The number of nitrogens with zero attached hydrogens (tertiary/aromatic N) is 3. The lowest BCUT2D eigenvalue weighted by molar-refractivity contribution is 0.424. The summed E-state index contributed by atoms with van der Waals surface area (Å²) < 4.78 is 1.91. The van der Waals surface area contributed by atoms with Gasteiger partial charge in [-0.05, 0) is 27.7 Å². The maximum atomic E-state index is 4.29. The van der Waals surface area contributed by atoms with Gasteiger partial charge in [0.05, 0.1) is 18.1 Å². The molecule has 0 aliphatic rings. The van der Waals surface area contributed by atoms with Gasteiger partial charge in [-0.3, -0.25) is 9.78 Å². The van der Waals surface area contributed by atoms with E-state index >= 15 is 0 Å². The lowest BCUT2D eigenvalue weighted by Gasteiger charge is -2.20. The van der Waals surface area contributed by atoms with Crippen molar-refractivity contribution in [2.24, 2.45) is 0 Å². The van der Waals surface area contributed by atoms with Crippen LogP contribution in [0, 0.1) is 0 Å². The Kier molecular flexibility index (Phi) is 3.52. The maximum Gasteiger partial charge on any atom is 0.0726 e. The Hall–Kier alpha value is -1.62. The molecule has 0 bridgehead atoms. The summed E-state index contributed by atoms with van der Waals surface area (Å²) in [4.78, 5) is 0. The molecular weight excluding hydrogens is 226 g/mol. The monoisotopic (exact) mass is 247 g/mol. The zero-order valence-corrected chi connectivity index (χ0v) is 11.5. The summed E-state index contributed by atoms with van der Waals surface area (Å²) >= 11 is 0. The van der Waals surface area contributed by atoms with Crippen LogP contribution < -0.4 is 5.32 Å². The van der Waals surface area contributed by atoms with Crippen LogP contribution in [0.25, 0.3) is 11.3 Å². The molecule has 98 valence electrons. The van der Waals surface area contributed by atoms with Gasteiger partial charge in [-0.25, -0.2) is 0 Å². The van der Waals surface area contributed by atoms with Crippen LogP contribution in [0.4, 0.5) is 0 Å². The molecule has 18 heavy (non-hydrogen) atoms. The second kappa shape index (κ2) is 4.94. The molecule has 2 heterocycles. The number of hydrogen-bond acceptors (Lipinski definition) is 3. The normalized spacial score (nSPS) is 12.0. The van der Waals surface area contributed by atoms with Gasteiger partial charge >= 0.3 is 0 Å². The van der Waals surface area contributed by atoms with Crippen molar-refractivity contribution in [2.75, 3.05) is 0 Å². The van der Waals surface area contributed by atoms with E-state index in [1.807, 2.05) is 23.3 Å². The molecule has 5 heteroatoms. The Morgan fingerprint density at radius 2 is 2.11 bits per heavy atom. The fourth-order valence-electron chi connectivity index (χ4n) is 1.72. The third-order valence-electron chi connectivity index (χ3n) is 2.77. The summed E-state index contributed by atoms with van der Waals surface area (Å²) in [6.07, 6.45) is 5.78. The van der Waals surface area contributed by atoms with E-state index < -0.39 is 0 Å². The number of H-pyrrole nitrogens is 1. The van der Waals surface area contributed by atoms with Gasteiger partial charge in [0, 0.05) is 36.0 Å². The fourth-order valence-corrected chi connectivity index (χ4v) is 1.72. The highest BCUT2D eigenvalue weighted by Crippen LogP contribution is 2.20. The standard InChI is InChI=1S/C13H21N5/c1-5-18-9-11(8-16-18)12-10(7-15-17-12)6-14-13(2,3)4/h7-9,14H,5-6H2,1-4H3,(H,15,17). The average molecular weight is 247 g/mol. The first kappa shape index (κ1) is 12.8. The molecule has 2 N–H and O–H groups in total. The van der Waals surface area contributed by atoms with Crippen LogP contribution in [0.3, 0.4) is 0 Å². The van der Waals surface area contributed by atoms with Crippen molar-refractivity contribution < 1.29 is 0 Å². The van der Waals surface area contributed by atoms with Crippen LogP contribution in [0.15, 0.2) is 18.6 Å². The van der Waals surface area contributed by atoms with E-state index in [0.29, 0.717) is 0 Å². The van der Waals surface area contributed by atoms with E-state index in [-0.39, 0.29) is 5.54 Å². The number of aromatic nitrogens is 4. The molecule has 2 aromatic heterocycles. The highest BCUT2D eigenvalue weighted by molar-refractivity contribution is 5.60. The Balaban J connectivity index is 2.17. The van der Waals surface area contributed by atoms with E-state index in [1.54, 1.807) is 0 Å². The quantitative estimate of drug-likeness (QED) is 0.870. The largest absolute Gasteiger partial charge is 0.308 e. The topological polar surface area (TPSA) is 58.5 Å². The van der Waals surface area contributed by atoms with E-state index in [2.05, 4.69) is 48.3 Å². The smallest absolute Gasteiger partial charge is 0.0726 e. The first-order valence-electron chi connectivity index (χ1n) is 6.29. The third kappa shape index (κ3) is 2.98. The van der Waals surface area contributed by atoms with E-state index in [9.17, 15) is 0 Å². The van der Waals surface area contributed by atoms with Crippen LogP contribution >= 0.6 is 0 Å². The Morgan fingerprint density at radius 1 is 1.33 bits per heavy atom. The molecule has 0 fully saturated rings. The van der Waals surface area contributed by atoms with Crippen molar-refractivity contribution in [1.29, 1.82) is 0 Å². The molecule has 0 aliphatic carbocycles. The molecule has 0 saturated carbocycles. The van der Waals surface area contributed by atoms with Crippen molar-refractivity contribution >= 4 is 0 Å². The zero-order chi connectivity index (χ0) is 13.2. The van der Waals surface area contributed by atoms with Crippen LogP contribution in [-0.4, -0.2) is 25.5 Å². The van der Waals surface area contributed by atoms with E-state index in [1.165, 1.54) is 5.56 Å². The molecule has 0 aromatic carbocycles. The summed E-state index contributed by atoms with van der Waals surface area (Å²) in [5.41, 5.74) is 3.40. The summed E-state index contributed by atoms with van der Waals surface area (Å²) in [6, 6.07) is 0. The minimum absolute atomic E-state index is 0.0993. The van der Waals surface area contributed by atoms with Crippen LogP contribution in [-0.2, 0) is 13.1 Å². The number of aryl methyl sites for hydroxylation is 1. The van der Waals surface area contributed by atoms with Gasteiger partial charge in [-0.2, -0.15) is 10.2 Å². The van der Waals surface area contributed by atoms with Crippen molar-refractivity contribution in [1.82, 2.24) is 25.3 Å². The predicted molar refractivity (Wildman–Crippen MR) is 72.1 cm³/mol. The number of aromatic amines is 1. The second-order valence-corrected chi connectivity index (χ2v) is 5.46. The zero-order valence-electron chi connectivity index (χ0n) is 11.5. The van der Waals surface area contributed by atoms with Gasteiger partial charge in [0.15, 0.2) is 0 Å². The molecule has 0 spiro atoms.